The number of hydrogen-bond donors (Lipinski definition) is 0. The molecule has 0 aromatic heterocycles. The van der Waals surface area contributed by atoms with E-state index in [2.05, 4.69) is 27.7 Å². The quantitative estimate of drug-likeness (QED) is 0.0241. The Morgan fingerprint density at radius 1 is 0.422 bits per heavy atom. The van der Waals surface area contributed by atoms with E-state index >= 15 is 0 Å². The van der Waals surface area contributed by atoms with Gasteiger partial charge in [-0.25, -0.2) is 9.59 Å². The van der Waals surface area contributed by atoms with Gasteiger partial charge in [0.2, 0.25) is 11.5 Å². The van der Waals surface area contributed by atoms with Crippen LogP contribution in [0.2, 0.25) is 0 Å². The van der Waals surface area contributed by atoms with Gasteiger partial charge in [0.1, 0.15) is 47.7 Å². The monoisotopic (exact) mass is 1140 g/mol. The van der Waals surface area contributed by atoms with Gasteiger partial charge >= 0.3 is 11.9 Å². The van der Waals surface area contributed by atoms with E-state index in [9.17, 15) is 9.59 Å². The van der Waals surface area contributed by atoms with Gasteiger partial charge in [0.05, 0.1) is 90.4 Å². The first-order chi connectivity index (χ1) is 40.3. The van der Waals surface area contributed by atoms with Crippen LogP contribution in [0.4, 0.5) is 0 Å². The van der Waals surface area contributed by atoms with Gasteiger partial charge in [0.15, 0.2) is 11.5 Å². The van der Waals surface area contributed by atoms with Crippen molar-refractivity contribution in [2.24, 2.45) is 23.7 Å². The van der Waals surface area contributed by atoms with Crippen LogP contribution in [0.15, 0.2) is 121 Å². The predicted octanol–water partition coefficient (Wildman–Crippen LogP) is 10.8. The lowest BCUT2D eigenvalue weighted by Crippen LogP contribution is -2.55. The van der Waals surface area contributed by atoms with Gasteiger partial charge in [0, 0.05) is 70.6 Å². The third-order valence-corrected chi connectivity index (χ3v) is 15.5. The first-order valence-corrected chi connectivity index (χ1v) is 28.3. The predicted molar refractivity (Wildman–Crippen MR) is 298 cm³/mol. The molecule has 18 nitrogen and oxygen atoms in total. The summed E-state index contributed by atoms with van der Waals surface area (Å²) < 4.78 is 71.2. The molecule has 0 bridgehead atoms. The zero-order valence-corrected chi connectivity index (χ0v) is 47.0. The SMILES string of the molecule is CC1(C)CC2(CC(C)(C)c3cc(OC(=O)c4ccc(OCC5COC5)cc4)c(OC(=O)c4ccc(OCC5COC5)cc4)cc3O2)Oc2cc(OOCc3ccc(OCC4COC4)cc3)c(OOCc3ccc(OCC4COC4)cc3)cc21. The molecule has 0 N–H and O–H groups in total. The van der Waals surface area contributed by atoms with E-state index in [0.717, 1.165) is 28.2 Å². The number of carbonyl (C=O) groups excluding carboxylic acids is 2. The number of benzene rings is 6. The minimum absolute atomic E-state index is 0.0272. The smallest absolute Gasteiger partial charge is 0.343 e. The highest BCUT2D eigenvalue weighted by atomic mass is 17.2. The summed E-state index contributed by atoms with van der Waals surface area (Å²) in [6.07, 6.45) is 0.742. The molecule has 6 aliphatic heterocycles. The first-order valence-electron chi connectivity index (χ1n) is 28.3. The average Bonchev–Trinajstić information content (AvgIpc) is 3.17. The molecule has 0 saturated carbocycles. The summed E-state index contributed by atoms with van der Waals surface area (Å²) in [5, 5.41) is 0. The van der Waals surface area contributed by atoms with Crippen molar-refractivity contribution in [2.75, 3.05) is 79.3 Å². The summed E-state index contributed by atoms with van der Waals surface area (Å²) in [4.78, 5) is 52.0. The van der Waals surface area contributed by atoms with Crippen molar-refractivity contribution in [1.29, 1.82) is 0 Å². The summed E-state index contributed by atoms with van der Waals surface area (Å²) in [5.74, 6) is 2.86. The molecule has 4 saturated heterocycles. The maximum absolute atomic E-state index is 14.1. The molecule has 436 valence electrons. The Morgan fingerprint density at radius 3 is 1.08 bits per heavy atom. The Bertz CT molecular complexity index is 3220. The second-order valence-electron chi connectivity index (χ2n) is 23.5. The summed E-state index contributed by atoms with van der Waals surface area (Å²) in [5.41, 5.74) is 2.47. The van der Waals surface area contributed by atoms with E-state index in [4.69, 9.17) is 76.4 Å². The standard InChI is InChI=1S/C65H68O18/c1-63(2)39-65(80-55-23-58(79-62(67)48-11-19-52(20-12-48)75-36-46-31-71-32-46)57(21-53(55)63)78-61(66)47-9-17-51(18-10-47)74-35-45-29-70-30-45)40-64(3,4)54-22-59(82-76-37-41-5-13-49(14-6-41)72-33-43-25-68-26-43)60(24-56(54)81-65)83-77-38-42-7-15-50(16-8-42)73-34-44-27-69-28-44/h5-24,43-46H,25-40H2,1-4H3. The second-order valence-corrected chi connectivity index (χ2v) is 23.5. The minimum atomic E-state index is -1.27. The van der Waals surface area contributed by atoms with Crippen molar-refractivity contribution in [3.05, 3.63) is 155 Å². The lowest BCUT2D eigenvalue weighted by atomic mass is 9.69. The highest BCUT2D eigenvalue weighted by Crippen LogP contribution is 2.57. The zero-order chi connectivity index (χ0) is 57.0. The lowest BCUT2D eigenvalue weighted by molar-refractivity contribution is -0.239. The molecule has 1 atom stereocenters. The molecule has 6 heterocycles. The molecule has 6 aromatic carbocycles. The van der Waals surface area contributed by atoms with Crippen LogP contribution in [0.1, 0.15) is 83.5 Å². The number of ether oxygens (including phenoxy) is 12. The minimum Gasteiger partial charge on any atom is -0.493 e. The van der Waals surface area contributed by atoms with E-state index in [1.165, 1.54) is 0 Å². The van der Waals surface area contributed by atoms with Crippen LogP contribution < -0.4 is 47.7 Å². The summed E-state index contributed by atoms with van der Waals surface area (Å²) >= 11 is 0. The number of rotatable bonds is 24. The van der Waals surface area contributed by atoms with Gasteiger partial charge in [-0.2, -0.15) is 9.78 Å². The highest BCUT2D eigenvalue weighted by molar-refractivity contribution is 5.93. The molecule has 0 radical (unpaired) electrons. The summed E-state index contributed by atoms with van der Waals surface area (Å²) in [6.45, 7) is 16.3. The van der Waals surface area contributed by atoms with Gasteiger partial charge in [-0.3, -0.25) is 0 Å². The van der Waals surface area contributed by atoms with Gasteiger partial charge in [-0.1, -0.05) is 52.0 Å². The Morgan fingerprint density at radius 2 is 0.735 bits per heavy atom. The van der Waals surface area contributed by atoms with Crippen LogP contribution in [0.3, 0.4) is 0 Å². The molecule has 1 unspecified atom stereocenters. The molecule has 0 amide bonds. The van der Waals surface area contributed by atoms with Crippen molar-refractivity contribution >= 4 is 11.9 Å². The first kappa shape index (κ1) is 55.9. The van der Waals surface area contributed by atoms with Gasteiger partial charge in [-0.05, 0) is 96.1 Å². The fourth-order valence-corrected chi connectivity index (χ4v) is 10.5. The molecular formula is C65H68O18. The molecule has 6 aliphatic rings. The molecule has 6 aromatic rings. The maximum atomic E-state index is 14.1. The molecule has 0 aliphatic carbocycles. The van der Waals surface area contributed by atoms with Gasteiger partial charge < -0.3 is 66.6 Å². The van der Waals surface area contributed by atoms with Crippen molar-refractivity contribution in [2.45, 2.75) is 70.4 Å². The largest absolute Gasteiger partial charge is 0.493 e. The normalized spacial score (nSPS) is 19.6. The molecular weight excluding hydrogens is 1070 g/mol. The van der Waals surface area contributed by atoms with E-state index in [-0.39, 0.29) is 47.3 Å². The molecule has 12 rings (SSSR count). The van der Waals surface area contributed by atoms with Gasteiger partial charge in [-0.15, -0.1) is 0 Å². The van der Waals surface area contributed by atoms with Crippen LogP contribution in [-0.4, -0.2) is 97.0 Å². The van der Waals surface area contributed by atoms with E-state index in [1.54, 1.807) is 66.7 Å². The molecule has 1 spiro atoms. The van der Waals surface area contributed by atoms with Crippen LogP contribution in [-0.2, 0) is 52.8 Å². The Labute approximate surface area is 481 Å². The Hall–Kier alpha value is -7.58. The Kier molecular flexibility index (Phi) is 16.4. The Balaban J connectivity index is 0.798. The van der Waals surface area contributed by atoms with Crippen molar-refractivity contribution in [1.82, 2.24) is 0 Å². The van der Waals surface area contributed by atoms with E-state index < -0.39 is 28.6 Å². The fraction of sp³-hybridized carbons (Fsp3) is 0.415. The van der Waals surface area contributed by atoms with Crippen molar-refractivity contribution in [3.8, 4) is 57.5 Å². The second kappa shape index (κ2) is 24.3. The third kappa shape index (κ3) is 13.4. The summed E-state index contributed by atoms with van der Waals surface area (Å²) in [7, 11) is 0. The van der Waals surface area contributed by atoms with Crippen molar-refractivity contribution in [3.63, 3.8) is 0 Å². The molecule has 18 heteroatoms. The van der Waals surface area contributed by atoms with Gasteiger partial charge in [0.25, 0.3) is 5.79 Å². The third-order valence-electron chi connectivity index (χ3n) is 15.5. The van der Waals surface area contributed by atoms with Crippen molar-refractivity contribution < 1.29 is 86.0 Å². The van der Waals surface area contributed by atoms with Crippen LogP contribution in [0.5, 0.6) is 57.5 Å². The summed E-state index contributed by atoms with van der Waals surface area (Å²) in [6, 6.07) is 35.5. The van der Waals surface area contributed by atoms with E-state index in [1.807, 2.05) is 54.6 Å². The van der Waals surface area contributed by atoms with E-state index in [0.29, 0.717) is 144 Å². The number of esters is 2. The zero-order valence-electron chi connectivity index (χ0n) is 47.0. The van der Waals surface area contributed by atoms with Crippen LogP contribution in [0, 0.1) is 23.7 Å². The maximum Gasteiger partial charge on any atom is 0.343 e. The van der Waals surface area contributed by atoms with Crippen LogP contribution in [0.25, 0.3) is 0 Å². The van der Waals surface area contributed by atoms with Crippen LogP contribution >= 0.6 is 0 Å². The highest BCUT2D eigenvalue weighted by Gasteiger charge is 2.54. The number of hydrogen-bond acceptors (Lipinski definition) is 18. The lowest BCUT2D eigenvalue weighted by Gasteiger charge is -2.51. The molecule has 83 heavy (non-hydrogen) atoms. The number of carbonyl (C=O) groups is 2. The topological polar surface area (TPSA) is 182 Å². The molecule has 4 fully saturated rings. The average molecular weight is 1140 g/mol. The number of fused-ring (bicyclic) bond motifs is 2. The fourth-order valence-electron chi connectivity index (χ4n) is 10.5.